The van der Waals surface area contributed by atoms with E-state index in [-0.39, 0.29) is 0 Å². The quantitative estimate of drug-likeness (QED) is 0.760. The lowest BCUT2D eigenvalue weighted by atomic mass is 10.0. The van der Waals surface area contributed by atoms with E-state index in [9.17, 15) is 13.2 Å². The van der Waals surface area contributed by atoms with Crippen molar-refractivity contribution in [1.29, 1.82) is 0 Å². The summed E-state index contributed by atoms with van der Waals surface area (Å²) in [6.07, 6.45) is -5.06. The van der Waals surface area contributed by atoms with E-state index in [1.54, 1.807) is 30.3 Å². The van der Waals surface area contributed by atoms with Gasteiger partial charge in [0.1, 0.15) is 0 Å². The van der Waals surface area contributed by atoms with E-state index in [2.05, 4.69) is 21.2 Å². The zero-order valence-corrected chi connectivity index (χ0v) is 12.9. The molecular weight excluding hydrogens is 351 g/mol. The van der Waals surface area contributed by atoms with E-state index < -0.39 is 18.6 Å². The lowest BCUT2D eigenvalue weighted by molar-refractivity contribution is -0.140. The first-order chi connectivity index (χ1) is 9.44. The van der Waals surface area contributed by atoms with E-state index in [1.165, 1.54) is 11.3 Å². The van der Waals surface area contributed by atoms with E-state index in [1.807, 2.05) is 12.1 Å². The fourth-order valence-corrected chi connectivity index (χ4v) is 3.33. The van der Waals surface area contributed by atoms with Crippen LogP contribution in [0.3, 0.4) is 0 Å². The van der Waals surface area contributed by atoms with Crippen LogP contribution in [-0.2, 0) is 6.54 Å². The number of rotatable bonds is 5. The molecule has 0 amide bonds. The molecule has 1 N–H and O–H groups in total. The maximum Gasteiger partial charge on any atom is 0.390 e. The van der Waals surface area contributed by atoms with Gasteiger partial charge in [-0.2, -0.15) is 13.2 Å². The summed E-state index contributed by atoms with van der Waals surface area (Å²) in [4.78, 5) is 1.000. The second kappa shape index (κ2) is 6.74. The number of benzene rings is 1. The van der Waals surface area contributed by atoms with E-state index in [0.29, 0.717) is 12.1 Å². The molecule has 0 saturated carbocycles. The highest BCUT2D eigenvalue weighted by molar-refractivity contribution is 9.11. The van der Waals surface area contributed by atoms with Crippen LogP contribution in [0, 0.1) is 0 Å². The van der Waals surface area contributed by atoms with Crippen LogP contribution < -0.4 is 5.32 Å². The Balaban J connectivity index is 2.07. The van der Waals surface area contributed by atoms with Crippen molar-refractivity contribution in [2.45, 2.75) is 25.2 Å². The van der Waals surface area contributed by atoms with Crippen LogP contribution in [0.15, 0.2) is 46.3 Å². The molecule has 0 saturated heterocycles. The molecular formula is C14H13BrF3NS. The van der Waals surface area contributed by atoms with Crippen LogP contribution in [-0.4, -0.2) is 6.18 Å². The molecule has 0 spiro atoms. The van der Waals surface area contributed by atoms with Gasteiger partial charge in [-0.3, -0.25) is 0 Å². The fraction of sp³-hybridized carbons (Fsp3) is 0.286. The highest BCUT2D eigenvalue weighted by atomic mass is 79.9. The van der Waals surface area contributed by atoms with Gasteiger partial charge in [-0.15, -0.1) is 11.3 Å². The fourth-order valence-electron chi connectivity index (χ4n) is 1.90. The number of hydrogen-bond donors (Lipinski definition) is 1. The van der Waals surface area contributed by atoms with Gasteiger partial charge in [-0.05, 0) is 33.6 Å². The smallest absolute Gasteiger partial charge is 0.305 e. The predicted molar refractivity (Wildman–Crippen MR) is 78.7 cm³/mol. The van der Waals surface area contributed by atoms with E-state index in [4.69, 9.17) is 0 Å². The molecule has 0 radical (unpaired) electrons. The SMILES string of the molecule is FC(F)(F)CC(NCc1ccc(Br)s1)c1ccccc1. The Hall–Kier alpha value is -0.850. The summed E-state index contributed by atoms with van der Waals surface area (Å²) in [6.45, 7) is 0.423. The lowest BCUT2D eigenvalue weighted by Crippen LogP contribution is -2.26. The second-order valence-corrected chi connectivity index (χ2v) is 6.92. The van der Waals surface area contributed by atoms with Gasteiger partial charge in [0.15, 0.2) is 0 Å². The molecule has 0 aliphatic rings. The molecule has 0 aliphatic carbocycles. The zero-order valence-electron chi connectivity index (χ0n) is 10.5. The number of hydrogen-bond acceptors (Lipinski definition) is 2. The largest absolute Gasteiger partial charge is 0.390 e. The Morgan fingerprint density at radius 2 is 1.80 bits per heavy atom. The summed E-state index contributed by atoms with van der Waals surface area (Å²) in [5, 5.41) is 2.99. The molecule has 108 valence electrons. The Morgan fingerprint density at radius 1 is 1.10 bits per heavy atom. The minimum atomic E-state index is -4.19. The minimum absolute atomic E-state index is 0.423. The number of thiophene rings is 1. The Kier molecular flexibility index (Phi) is 5.23. The van der Waals surface area contributed by atoms with Crippen molar-refractivity contribution >= 4 is 27.3 Å². The average molecular weight is 364 g/mol. The monoisotopic (exact) mass is 363 g/mol. The zero-order chi connectivity index (χ0) is 14.6. The molecule has 1 heterocycles. The summed E-state index contributed by atoms with van der Waals surface area (Å²) in [6, 6.07) is 11.8. The highest BCUT2D eigenvalue weighted by Gasteiger charge is 2.32. The van der Waals surface area contributed by atoms with Gasteiger partial charge in [-0.25, -0.2) is 0 Å². The third-order valence-corrected chi connectivity index (χ3v) is 4.41. The van der Waals surface area contributed by atoms with Crippen LogP contribution >= 0.6 is 27.3 Å². The maximum absolute atomic E-state index is 12.7. The summed E-state index contributed by atoms with van der Waals surface area (Å²) < 4.78 is 39.0. The topological polar surface area (TPSA) is 12.0 Å². The number of alkyl halides is 3. The molecule has 20 heavy (non-hydrogen) atoms. The van der Waals surface area contributed by atoms with E-state index in [0.717, 1.165) is 8.66 Å². The van der Waals surface area contributed by atoms with Gasteiger partial charge < -0.3 is 5.32 Å². The molecule has 1 unspecified atom stereocenters. The Bertz CT molecular complexity index is 539. The first-order valence-corrected chi connectivity index (χ1v) is 7.64. The van der Waals surface area contributed by atoms with Crippen molar-refractivity contribution in [2.75, 3.05) is 0 Å². The van der Waals surface area contributed by atoms with Crippen LogP contribution in [0.5, 0.6) is 0 Å². The van der Waals surface area contributed by atoms with Crippen molar-refractivity contribution < 1.29 is 13.2 Å². The predicted octanol–water partition coefficient (Wildman–Crippen LogP) is 5.29. The molecule has 6 heteroatoms. The van der Waals surface area contributed by atoms with Crippen molar-refractivity contribution in [3.8, 4) is 0 Å². The van der Waals surface area contributed by atoms with Crippen molar-refractivity contribution in [2.24, 2.45) is 0 Å². The first kappa shape index (κ1) is 15.5. The number of halogens is 4. The normalized spacial score (nSPS) is 13.4. The van der Waals surface area contributed by atoms with Gasteiger partial charge in [0.25, 0.3) is 0 Å². The third kappa shape index (κ3) is 4.92. The lowest BCUT2D eigenvalue weighted by Gasteiger charge is -2.20. The van der Waals surface area contributed by atoms with Crippen LogP contribution in [0.2, 0.25) is 0 Å². The second-order valence-electron chi connectivity index (χ2n) is 4.37. The number of nitrogens with one attached hydrogen (secondary N) is 1. The molecule has 1 aromatic carbocycles. The molecule has 1 aromatic heterocycles. The standard InChI is InChI=1S/C14H13BrF3NS/c15-13-7-6-11(20-13)9-19-12(8-14(16,17)18)10-4-2-1-3-5-10/h1-7,12,19H,8-9H2. The first-order valence-electron chi connectivity index (χ1n) is 6.03. The Labute approximate surface area is 128 Å². The molecule has 1 nitrogen and oxygen atoms in total. The average Bonchev–Trinajstić information content (AvgIpc) is 2.80. The van der Waals surface area contributed by atoms with Gasteiger partial charge in [0.2, 0.25) is 0 Å². The Morgan fingerprint density at radius 3 is 2.35 bits per heavy atom. The molecule has 0 fully saturated rings. The summed E-state index contributed by atoms with van der Waals surface area (Å²) in [7, 11) is 0. The molecule has 0 bridgehead atoms. The molecule has 2 aromatic rings. The van der Waals surface area contributed by atoms with Gasteiger partial charge >= 0.3 is 6.18 Å². The van der Waals surface area contributed by atoms with Gasteiger partial charge in [0, 0.05) is 17.5 Å². The van der Waals surface area contributed by atoms with Crippen molar-refractivity contribution in [1.82, 2.24) is 5.32 Å². The highest BCUT2D eigenvalue weighted by Crippen LogP contribution is 2.30. The molecule has 0 aliphatic heterocycles. The third-order valence-electron chi connectivity index (χ3n) is 2.79. The van der Waals surface area contributed by atoms with Crippen LogP contribution in [0.25, 0.3) is 0 Å². The van der Waals surface area contributed by atoms with Gasteiger partial charge in [0.05, 0.1) is 10.2 Å². The summed E-state index contributed by atoms with van der Waals surface area (Å²) >= 11 is 4.86. The van der Waals surface area contributed by atoms with Crippen LogP contribution in [0.4, 0.5) is 13.2 Å². The van der Waals surface area contributed by atoms with Crippen molar-refractivity contribution in [3.05, 3.63) is 56.7 Å². The van der Waals surface area contributed by atoms with Gasteiger partial charge in [-0.1, -0.05) is 30.3 Å². The van der Waals surface area contributed by atoms with Crippen molar-refractivity contribution in [3.63, 3.8) is 0 Å². The maximum atomic E-state index is 12.7. The summed E-state index contributed by atoms with van der Waals surface area (Å²) in [5.74, 6) is 0. The molecule has 1 atom stereocenters. The van der Waals surface area contributed by atoms with E-state index >= 15 is 0 Å². The van der Waals surface area contributed by atoms with Crippen LogP contribution in [0.1, 0.15) is 22.9 Å². The molecule has 2 rings (SSSR count). The summed E-state index contributed by atoms with van der Waals surface area (Å²) in [5.41, 5.74) is 0.653. The minimum Gasteiger partial charge on any atom is -0.305 e.